The van der Waals surface area contributed by atoms with Gasteiger partial charge in [-0.2, -0.15) is 0 Å². The van der Waals surface area contributed by atoms with Crippen molar-refractivity contribution in [3.05, 3.63) is 81.3 Å². The van der Waals surface area contributed by atoms with Crippen LogP contribution in [0.25, 0.3) is 0 Å². The first-order valence-corrected chi connectivity index (χ1v) is 10.1. The molecule has 0 aliphatic rings. The van der Waals surface area contributed by atoms with Gasteiger partial charge >= 0.3 is 0 Å². The number of nitrogens with one attached hydrogen (secondary N) is 2. The maximum Gasteiger partial charge on any atom is 0.262 e. The predicted molar refractivity (Wildman–Crippen MR) is 123 cm³/mol. The second-order valence-corrected chi connectivity index (χ2v) is 7.49. The van der Waals surface area contributed by atoms with Crippen molar-refractivity contribution in [1.29, 1.82) is 0 Å². The van der Waals surface area contributed by atoms with Crippen LogP contribution in [-0.2, 0) is 4.79 Å². The van der Waals surface area contributed by atoms with Crippen LogP contribution in [0.5, 0.6) is 11.5 Å². The first-order valence-electron chi connectivity index (χ1n) is 8.99. The molecule has 0 aromatic heterocycles. The monoisotopic (exact) mass is 478 g/mol. The summed E-state index contributed by atoms with van der Waals surface area (Å²) in [6.07, 6.45) is 0. The number of halogens is 3. The molecular formula is C22H17Cl3N2O4. The van der Waals surface area contributed by atoms with Crippen LogP contribution >= 0.6 is 34.8 Å². The summed E-state index contributed by atoms with van der Waals surface area (Å²) in [6, 6.07) is 16.4. The Hall–Kier alpha value is -2.93. The molecule has 0 bridgehead atoms. The third-order valence-corrected chi connectivity index (χ3v) is 5.14. The Labute approximate surface area is 194 Å². The first-order chi connectivity index (χ1) is 14.9. The van der Waals surface area contributed by atoms with Crippen LogP contribution in [0.2, 0.25) is 15.1 Å². The van der Waals surface area contributed by atoms with Crippen LogP contribution in [-0.4, -0.2) is 25.5 Å². The quantitative estimate of drug-likeness (QED) is 0.412. The molecule has 160 valence electrons. The fraction of sp³-hybridized carbons (Fsp3) is 0.0909. The summed E-state index contributed by atoms with van der Waals surface area (Å²) in [4.78, 5) is 24.6. The molecule has 0 heterocycles. The maximum absolute atomic E-state index is 12.5. The zero-order valence-corrected chi connectivity index (χ0v) is 18.5. The van der Waals surface area contributed by atoms with Gasteiger partial charge in [-0.1, -0.05) is 46.9 Å². The average molecular weight is 480 g/mol. The van der Waals surface area contributed by atoms with E-state index >= 15 is 0 Å². The third-order valence-electron chi connectivity index (χ3n) is 4.12. The number of benzene rings is 3. The van der Waals surface area contributed by atoms with E-state index < -0.39 is 5.91 Å². The number of rotatable bonds is 7. The van der Waals surface area contributed by atoms with Crippen molar-refractivity contribution >= 4 is 58.0 Å². The summed E-state index contributed by atoms with van der Waals surface area (Å²) in [6.45, 7) is -0.284. The molecule has 9 heteroatoms. The molecule has 0 atom stereocenters. The Morgan fingerprint density at radius 3 is 2.23 bits per heavy atom. The van der Waals surface area contributed by atoms with Gasteiger partial charge in [-0.25, -0.2) is 0 Å². The fourth-order valence-corrected chi connectivity index (χ4v) is 3.19. The molecule has 2 N–H and O–H groups in total. The van der Waals surface area contributed by atoms with Crippen molar-refractivity contribution in [2.24, 2.45) is 0 Å². The number of hydrogen-bond acceptors (Lipinski definition) is 4. The van der Waals surface area contributed by atoms with Gasteiger partial charge in [0.25, 0.3) is 11.8 Å². The van der Waals surface area contributed by atoms with Crippen LogP contribution < -0.4 is 20.1 Å². The van der Waals surface area contributed by atoms with Gasteiger partial charge in [-0.15, -0.1) is 0 Å². The van der Waals surface area contributed by atoms with E-state index in [2.05, 4.69) is 10.6 Å². The van der Waals surface area contributed by atoms with Gasteiger partial charge in [0.1, 0.15) is 11.5 Å². The highest BCUT2D eigenvalue weighted by Gasteiger charge is 2.12. The van der Waals surface area contributed by atoms with Gasteiger partial charge in [-0.3, -0.25) is 9.59 Å². The average Bonchev–Trinajstić information content (AvgIpc) is 2.76. The minimum Gasteiger partial charge on any atom is -0.495 e. The summed E-state index contributed by atoms with van der Waals surface area (Å²) in [5.74, 6) is 0.0877. The number of hydrogen-bond donors (Lipinski definition) is 2. The summed E-state index contributed by atoms with van der Waals surface area (Å²) in [7, 11) is 1.53. The molecule has 0 saturated carbocycles. The number of anilines is 2. The Kier molecular flexibility index (Phi) is 7.63. The molecule has 31 heavy (non-hydrogen) atoms. The van der Waals surface area contributed by atoms with E-state index in [0.717, 1.165) is 0 Å². The predicted octanol–water partition coefficient (Wildman–Crippen LogP) is 5.93. The lowest BCUT2D eigenvalue weighted by atomic mass is 10.2. The summed E-state index contributed by atoms with van der Waals surface area (Å²) in [5, 5.41) is 6.26. The van der Waals surface area contributed by atoms with Crippen LogP contribution in [0.4, 0.5) is 11.4 Å². The summed E-state index contributed by atoms with van der Waals surface area (Å²) >= 11 is 17.8. The highest BCUT2D eigenvalue weighted by atomic mass is 35.5. The van der Waals surface area contributed by atoms with Gasteiger partial charge in [0, 0.05) is 17.3 Å². The van der Waals surface area contributed by atoms with Gasteiger partial charge < -0.3 is 20.1 Å². The second kappa shape index (κ2) is 10.4. The molecular weight excluding hydrogens is 463 g/mol. The molecule has 2 amide bonds. The molecule has 3 aromatic carbocycles. The Bertz CT molecular complexity index is 1100. The zero-order chi connectivity index (χ0) is 22.4. The Morgan fingerprint density at radius 1 is 0.839 bits per heavy atom. The van der Waals surface area contributed by atoms with E-state index in [9.17, 15) is 9.59 Å². The van der Waals surface area contributed by atoms with Gasteiger partial charge in [0.2, 0.25) is 0 Å². The number of amides is 2. The number of carbonyl (C=O) groups excluding carboxylic acids is 2. The van der Waals surface area contributed by atoms with E-state index in [1.807, 2.05) is 6.07 Å². The van der Waals surface area contributed by atoms with Crippen molar-refractivity contribution in [2.75, 3.05) is 24.4 Å². The first kappa shape index (κ1) is 22.7. The zero-order valence-electron chi connectivity index (χ0n) is 16.2. The van der Waals surface area contributed by atoms with E-state index in [-0.39, 0.29) is 28.3 Å². The number of ether oxygens (including phenoxy) is 2. The van der Waals surface area contributed by atoms with E-state index in [1.165, 1.54) is 19.2 Å². The Morgan fingerprint density at radius 2 is 1.52 bits per heavy atom. The van der Waals surface area contributed by atoms with Crippen molar-refractivity contribution in [1.82, 2.24) is 0 Å². The van der Waals surface area contributed by atoms with Gasteiger partial charge in [0.15, 0.2) is 6.61 Å². The van der Waals surface area contributed by atoms with Crippen LogP contribution in [0.15, 0.2) is 60.7 Å². The molecule has 3 aromatic rings. The highest BCUT2D eigenvalue weighted by molar-refractivity contribution is 6.43. The number of methoxy groups -OCH3 is 1. The number of carbonyl (C=O) groups is 2. The van der Waals surface area contributed by atoms with Crippen molar-refractivity contribution in [2.45, 2.75) is 0 Å². The van der Waals surface area contributed by atoms with Crippen molar-refractivity contribution in [3.8, 4) is 11.5 Å². The minimum absolute atomic E-state index is 0.243. The molecule has 0 unspecified atom stereocenters. The van der Waals surface area contributed by atoms with Gasteiger partial charge in [0.05, 0.1) is 27.9 Å². The molecule has 0 saturated heterocycles. The maximum atomic E-state index is 12.5. The summed E-state index contributed by atoms with van der Waals surface area (Å²) in [5.41, 5.74) is 1.48. The molecule has 0 spiro atoms. The van der Waals surface area contributed by atoms with Crippen molar-refractivity contribution in [3.63, 3.8) is 0 Å². The van der Waals surface area contributed by atoms with E-state index in [0.29, 0.717) is 27.7 Å². The largest absolute Gasteiger partial charge is 0.495 e. The third kappa shape index (κ3) is 6.04. The fourth-order valence-electron chi connectivity index (χ4n) is 2.60. The van der Waals surface area contributed by atoms with E-state index in [1.54, 1.807) is 42.5 Å². The van der Waals surface area contributed by atoms with E-state index in [4.69, 9.17) is 44.3 Å². The molecule has 0 radical (unpaired) electrons. The standard InChI is InChI=1S/C22H17Cl3N2O4/c1-30-19-5-3-2-4-18(19)27-22(29)13-6-8-14(9-7-13)26-21(28)12-31-20-11-16(24)15(23)10-17(20)25/h2-11H,12H2,1H3,(H,26,28)(H,27,29). The SMILES string of the molecule is COc1ccccc1NC(=O)c1ccc(NC(=O)COc2cc(Cl)c(Cl)cc2Cl)cc1. The lowest BCUT2D eigenvalue weighted by Crippen LogP contribution is -2.20. The van der Waals surface area contributed by atoms with Crippen LogP contribution in [0, 0.1) is 0 Å². The lowest BCUT2D eigenvalue weighted by Gasteiger charge is -2.11. The molecule has 6 nitrogen and oxygen atoms in total. The molecule has 0 aliphatic carbocycles. The van der Waals surface area contributed by atoms with Crippen molar-refractivity contribution < 1.29 is 19.1 Å². The topological polar surface area (TPSA) is 76.7 Å². The van der Waals surface area contributed by atoms with Gasteiger partial charge in [-0.05, 0) is 42.5 Å². The molecule has 0 fully saturated rings. The Balaban J connectivity index is 1.57. The lowest BCUT2D eigenvalue weighted by molar-refractivity contribution is -0.118. The normalized spacial score (nSPS) is 10.3. The van der Waals surface area contributed by atoms with Crippen LogP contribution in [0.3, 0.4) is 0 Å². The van der Waals surface area contributed by atoms with Crippen LogP contribution in [0.1, 0.15) is 10.4 Å². The minimum atomic E-state index is -0.409. The highest BCUT2D eigenvalue weighted by Crippen LogP contribution is 2.33. The smallest absolute Gasteiger partial charge is 0.262 e. The summed E-state index contributed by atoms with van der Waals surface area (Å²) < 4.78 is 10.6. The molecule has 3 rings (SSSR count). The molecule has 0 aliphatic heterocycles. The number of para-hydroxylation sites is 2. The second-order valence-electron chi connectivity index (χ2n) is 6.27.